The van der Waals surface area contributed by atoms with Crippen LogP contribution in [0.25, 0.3) is 33.3 Å². The maximum atomic E-state index is 11.9. The van der Waals surface area contributed by atoms with E-state index in [2.05, 4.69) is 43.3 Å². The van der Waals surface area contributed by atoms with Crippen LogP contribution in [-0.2, 0) is 4.79 Å². The van der Waals surface area contributed by atoms with Crippen molar-refractivity contribution in [2.45, 2.75) is 6.92 Å². The Morgan fingerprint density at radius 3 is 2.17 bits per heavy atom. The van der Waals surface area contributed by atoms with Crippen molar-refractivity contribution in [2.75, 3.05) is 48.4 Å². The van der Waals surface area contributed by atoms with Gasteiger partial charge in [-0.25, -0.2) is 9.97 Å². The topological polar surface area (TPSA) is 96.4 Å². The second kappa shape index (κ2) is 11.0. The van der Waals surface area contributed by atoms with Crippen LogP contribution in [0.4, 0.5) is 17.3 Å². The molecule has 1 amide bonds. The van der Waals surface area contributed by atoms with Gasteiger partial charge in [-0.1, -0.05) is 24.3 Å². The molecule has 2 aromatic heterocycles. The number of benzene rings is 3. The first-order valence-electron chi connectivity index (χ1n) is 13.2. The molecule has 40 heavy (non-hydrogen) atoms. The van der Waals surface area contributed by atoms with Crippen molar-refractivity contribution >= 4 is 34.3 Å². The summed E-state index contributed by atoms with van der Waals surface area (Å²) in [6.07, 6.45) is 7.07. The Balaban J connectivity index is 1.29. The zero-order valence-corrected chi connectivity index (χ0v) is 22.4. The lowest BCUT2D eigenvalue weighted by atomic mass is 9.97. The summed E-state index contributed by atoms with van der Waals surface area (Å²) in [7, 11) is 1.65. The number of hydrogen-bond donors (Lipinski definition) is 1. The Morgan fingerprint density at radius 2 is 1.48 bits per heavy atom. The molecule has 1 N–H and O–H groups in total. The number of carbonyl (C=O) groups is 1. The number of ether oxygens (including phenoxy) is 1. The minimum Gasteiger partial charge on any atom is -0.497 e. The molecule has 0 atom stereocenters. The molecule has 1 fully saturated rings. The molecule has 9 heteroatoms. The normalized spacial score (nSPS) is 13.3. The molecule has 3 aromatic carbocycles. The fourth-order valence-corrected chi connectivity index (χ4v) is 4.98. The predicted molar refractivity (Wildman–Crippen MR) is 158 cm³/mol. The fraction of sp³-hybridized carbons (Fsp3) is 0.194. The summed E-state index contributed by atoms with van der Waals surface area (Å²) in [4.78, 5) is 34.7. The first-order chi connectivity index (χ1) is 19.6. The first kappa shape index (κ1) is 25.2. The van der Waals surface area contributed by atoms with E-state index in [1.165, 1.54) is 6.92 Å². The number of nitrogens with zero attached hydrogens (tertiary/aromatic N) is 6. The lowest BCUT2D eigenvalue weighted by Gasteiger charge is -2.35. The van der Waals surface area contributed by atoms with Crippen LogP contribution in [0.5, 0.6) is 5.75 Å². The van der Waals surface area contributed by atoms with Crippen molar-refractivity contribution in [1.82, 2.24) is 19.9 Å². The third-order valence-electron chi connectivity index (χ3n) is 7.07. The van der Waals surface area contributed by atoms with Gasteiger partial charge < -0.3 is 19.9 Å². The van der Waals surface area contributed by atoms with Gasteiger partial charge in [0, 0.05) is 56.7 Å². The zero-order chi connectivity index (χ0) is 27.5. The summed E-state index contributed by atoms with van der Waals surface area (Å²) < 4.78 is 5.32. The molecule has 0 spiro atoms. The first-order valence-corrected chi connectivity index (χ1v) is 13.2. The van der Waals surface area contributed by atoms with Gasteiger partial charge in [-0.3, -0.25) is 14.8 Å². The van der Waals surface area contributed by atoms with Gasteiger partial charge in [0.1, 0.15) is 17.4 Å². The van der Waals surface area contributed by atoms with Crippen LogP contribution in [0.1, 0.15) is 6.92 Å². The van der Waals surface area contributed by atoms with Crippen molar-refractivity contribution in [3.63, 3.8) is 0 Å². The summed E-state index contributed by atoms with van der Waals surface area (Å²) >= 11 is 0. The second-order valence-electron chi connectivity index (χ2n) is 9.64. The van der Waals surface area contributed by atoms with Gasteiger partial charge in [-0.2, -0.15) is 0 Å². The van der Waals surface area contributed by atoms with E-state index in [-0.39, 0.29) is 5.91 Å². The zero-order valence-electron chi connectivity index (χ0n) is 22.4. The van der Waals surface area contributed by atoms with Gasteiger partial charge in [-0.15, -0.1) is 0 Å². The monoisotopic (exact) mass is 531 g/mol. The van der Waals surface area contributed by atoms with Crippen molar-refractivity contribution < 1.29 is 9.53 Å². The smallest absolute Gasteiger partial charge is 0.221 e. The third-order valence-corrected chi connectivity index (χ3v) is 7.07. The highest BCUT2D eigenvalue weighted by Crippen LogP contribution is 2.34. The van der Waals surface area contributed by atoms with Gasteiger partial charge in [0.15, 0.2) is 0 Å². The van der Waals surface area contributed by atoms with Crippen molar-refractivity contribution in [3.8, 4) is 28.0 Å². The van der Waals surface area contributed by atoms with E-state index < -0.39 is 0 Å². The van der Waals surface area contributed by atoms with E-state index in [1.54, 1.807) is 25.7 Å². The van der Waals surface area contributed by atoms with Crippen LogP contribution >= 0.6 is 0 Å². The number of hydrogen-bond acceptors (Lipinski definition) is 8. The van der Waals surface area contributed by atoms with Crippen LogP contribution in [-0.4, -0.2) is 59.1 Å². The number of amides is 1. The molecule has 0 bridgehead atoms. The summed E-state index contributed by atoms with van der Waals surface area (Å²) in [5.74, 6) is 2.42. The SMILES string of the molecule is COc1ccc(-c2cc(-c3ccc4ncc(N5CCN(c6cnccn6)CC5)nc4c3)ccc2NC(C)=O)cc1. The molecule has 1 saturated heterocycles. The Bertz CT molecular complexity index is 1650. The average molecular weight is 532 g/mol. The molecule has 0 aliphatic carbocycles. The lowest BCUT2D eigenvalue weighted by molar-refractivity contribution is -0.114. The predicted octanol–water partition coefficient (Wildman–Crippen LogP) is 5.05. The standard InChI is InChI=1S/C31H29N7O2/c1-21(39)35-27-9-5-23(17-26(27)22-3-7-25(40-2)8-4-22)24-6-10-28-29(18-24)36-31(20-34-28)38-15-13-37(14-16-38)30-19-32-11-12-33-30/h3-12,17-20H,13-16H2,1-2H3,(H,35,39). The third kappa shape index (κ3) is 5.26. The molecule has 5 aromatic rings. The average Bonchev–Trinajstić information content (AvgIpc) is 3.01. The van der Waals surface area contributed by atoms with Crippen LogP contribution in [0.15, 0.2) is 85.5 Å². The number of aromatic nitrogens is 4. The summed E-state index contributed by atoms with van der Waals surface area (Å²) in [6, 6.07) is 20.0. The van der Waals surface area contributed by atoms with E-state index in [9.17, 15) is 4.79 Å². The number of methoxy groups -OCH3 is 1. The molecule has 0 unspecified atom stereocenters. The van der Waals surface area contributed by atoms with E-state index in [1.807, 2.05) is 48.7 Å². The van der Waals surface area contributed by atoms with Gasteiger partial charge in [0.25, 0.3) is 0 Å². The minimum absolute atomic E-state index is 0.117. The molecular weight excluding hydrogens is 502 g/mol. The molecule has 1 aliphatic rings. The van der Waals surface area contributed by atoms with E-state index >= 15 is 0 Å². The van der Waals surface area contributed by atoms with E-state index in [0.29, 0.717) is 0 Å². The Kier molecular flexibility index (Phi) is 6.93. The second-order valence-corrected chi connectivity index (χ2v) is 9.64. The number of piperazine rings is 1. The summed E-state index contributed by atoms with van der Waals surface area (Å²) in [5.41, 5.74) is 6.39. The van der Waals surface area contributed by atoms with Gasteiger partial charge in [0.2, 0.25) is 5.91 Å². The summed E-state index contributed by atoms with van der Waals surface area (Å²) in [5, 5.41) is 2.96. The highest BCUT2D eigenvalue weighted by molar-refractivity contribution is 5.95. The highest BCUT2D eigenvalue weighted by Gasteiger charge is 2.20. The van der Waals surface area contributed by atoms with Gasteiger partial charge >= 0.3 is 0 Å². The Labute approximate surface area is 232 Å². The Morgan fingerprint density at radius 1 is 0.775 bits per heavy atom. The van der Waals surface area contributed by atoms with Gasteiger partial charge in [-0.05, 0) is 53.1 Å². The highest BCUT2D eigenvalue weighted by atomic mass is 16.5. The number of rotatable bonds is 6. The fourth-order valence-electron chi connectivity index (χ4n) is 4.98. The maximum Gasteiger partial charge on any atom is 0.221 e. The van der Waals surface area contributed by atoms with Crippen molar-refractivity contribution in [3.05, 3.63) is 85.5 Å². The number of fused-ring (bicyclic) bond motifs is 1. The molecule has 1 aliphatic heterocycles. The van der Waals surface area contributed by atoms with Crippen molar-refractivity contribution in [2.24, 2.45) is 0 Å². The largest absolute Gasteiger partial charge is 0.497 e. The lowest BCUT2D eigenvalue weighted by Crippen LogP contribution is -2.47. The molecule has 0 saturated carbocycles. The quantitative estimate of drug-likeness (QED) is 0.325. The molecule has 3 heterocycles. The Hall–Kier alpha value is -5.05. The van der Waals surface area contributed by atoms with E-state index in [4.69, 9.17) is 14.7 Å². The van der Waals surface area contributed by atoms with Crippen LogP contribution < -0.4 is 19.9 Å². The van der Waals surface area contributed by atoms with Crippen LogP contribution in [0.3, 0.4) is 0 Å². The van der Waals surface area contributed by atoms with Crippen LogP contribution in [0.2, 0.25) is 0 Å². The van der Waals surface area contributed by atoms with E-state index in [0.717, 1.165) is 82.5 Å². The molecular formula is C31H29N7O2. The molecule has 9 nitrogen and oxygen atoms in total. The number of anilines is 3. The molecule has 200 valence electrons. The maximum absolute atomic E-state index is 11.9. The number of carbonyl (C=O) groups excluding carboxylic acids is 1. The molecule has 0 radical (unpaired) electrons. The van der Waals surface area contributed by atoms with Gasteiger partial charge in [0.05, 0.1) is 30.5 Å². The van der Waals surface area contributed by atoms with Crippen molar-refractivity contribution in [1.29, 1.82) is 0 Å². The minimum atomic E-state index is -0.117. The number of nitrogens with one attached hydrogen (secondary N) is 1. The summed E-state index contributed by atoms with van der Waals surface area (Å²) in [6.45, 7) is 4.85. The molecule has 6 rings (SSSR count). The van der Waals surface area contributed by atoms with Crippen LogP contribution in [0, 0.1) is 0 Å².